The lowest BCUT2D eigenvalue weighted by atomic mass is 9.83. The highest BCUT2D eigenvalue weighted by Gasteiger charge is 2.43. The van der Waals surface area contributed by atoms with Crippen molar-refractivity contribution in [2.75, 3.05) is 6.61 Å². The molecule has 3 heteroatoms. The van der Waals surface area contributed by atoms with Crippen LogP contribution >= 0.6 is 0 Å². The minimum absolute atomic E-state index is 0.0516. The highest BCUT2D eigenvalue weighted by molar-refractivity contribution is 5.93. The van der Waals surface area contributed by atoms with E-state index in [1.54, 1.807) is 6.20 Å². The normalized spacial score (nSPS) is 31.1. The van der Waals surface area contributed by atoms with Crippen molar-refractivity contribution in [3.63, 3.8) is 0 Å². The van der Waals surface area contributed by atoms with Crippen LogP contribution in [-0.4, -0.2) is 23.0 Å². The largest absolute Gasteiger partial charge is 0.367 e. The third-order valence-electron chi connectivity index (χ3n) is 4.27. The number of ketones is 1. The quantitative estimate of drug-likeness (QED) is 0.804. The molecular formula is C15H19NO2. The van der Waals surface area contributed by atoms with Crippen LogP contribution in [0.1, 0.15) is 49.8 Å². The first-order chi connectivity index (χ1) is 8.71. The predicted molar refractivity (Wildman–Crippen MR) is 68.5 cm³/mol. The Bertz CT molecular complexity index is 463. The number of nitrogens with zero attached hydrogens (tertiary/aromatic N) is 1. The third kappa shape index (κ3) is 1.87. The Morgan fingerprint density at radius 1 is 1.50 bits per heavy atom. The van der Waals surface area contributed by atoms with Gasteiger partial charge in [0.05, 0.1) is 11.6 Å². The zero-order valence-electron chi connectivity index (χ0n) is 10.8. The van der Waals surface area contributed by atoms with E-state index in [-0.39, 0.29) is 11.7 Å². The highest BCUT2D eigenvalue weighted by atomic mass is 16.5. The Balaban J connectivity index is 1.86. The van der Waals surface area contributed by atoms with E-state index in [9.17, 15) is 4.79 Å². The zero-order valence-corrected chi connectivity index (χ0v) is 10.8. The molecule has 0 spiro atoms. The average molecular weight is 245 g/mol. The number of aryl methyl sites for hydroxylation is 1. The number of ether oxygens (including phenoxy) is 1. The molecule has 1 aliphatic heterocycles. The van der Waals surface area contributed by atoms with Crippen LogP contribution in [0.3, 0.4) is 0 Å². The molecule has 18 heavy (non-hydrogen) atoms. The number of carbonyl (C=O) groups is 1. The van der Waals surface area contributed by atoms with Crippen LogP contribution in [0.4, 0.5) is 0 Å². The van der Waals surface area contributed by atoms with Gasteiger partial charge in [-0.3, -0.25) is 9.78 Å². The van der Waals surface area contributed by atoms with Gasteiger partial charge < -0.3 is 4.74 Å². The molecule has 1 saturated heterocycles. The summed E-state index contributed by atoms with van der Waals surface area (Å²) in [5, 5.41) is 0. The Labute approximate surface area is 108 Å². The number of hydrogen-bond donors (Lipinski definition) is 0. The minimum Gasteiger partial charge on any atom is -0.367 e. The van der Waals surface area contributed by atoms with Gasteiger partial charge in [-0.05, 0) is 50.7 Å². The molecule has 1 aromatic rings. The van der Waals surface area contributed by atoms with Crippen LogP contribution in [0.15, 0.2) is 18.3 Å². The topological polar surface area (TPSA) is 39.2 Å². The van der Waals surface area contributed by atoms with E-state index in [0.717, 1.165) is 37.8 Å². The van der Waals surface area contributed by atoms with Crippen LogP contribution in [0, 0.1) is 0 Å². The van der Waals surface area contributed by atoms with Gasteiger partial charge in [0.1, 0.15) is 5.60 Å². The standard InChI is InChI=1S/C15H19NO2/c1-15(8-2-3-10-18-15)14(17)12-7-6-11-5-4-9-16-13(11)12/h4-5,9,12H,2-3,6-8,10H2,1H3. The number of carbonyl (C=O) groups excluding carboxylic acids is 1. The molecule has 0 saturated carbocycles. The maximum Gasteiger partial charge on any atom is 0.173 e. The minimum atomic E-state index is -0.581. The summed E-state index contributed by atoms with van der Waals surface area (Å²) in [5.74, 6) is 0.184. The van der Waals surface area contributed by atoms with Crippen molar-refractivity contribution in [1.82, 2.24) is 4.98 Å². The SMILES string of the molecule is CC1(C(=O)C2CCc3cccnc32)CCCCO1. The van der Waals surface area contributed by atoms with Crippen molar-refractivity contribution in [1.29, 1.82) is 0 Å². The number of Topliss-reactive ketones (excluding diaryl/α,β-unsaturated/α-hetero) is 1. The summed E-state index contributed by atoms with van der Waals surface area (Å²) in [7, 11) is 0. The van der Waals surface area contributed by atoms with Crippen molar-refractivity contribution in [2.24, 2.45) is 0 Å². The zero-order chi connectivity index (χ0) is 12.6. The van der Waals surface area contributed by atoms with E-state index < -0.39 is 5.60 Å². The van der Waals surface area contributed by atoms with Crippen molar-refractivity contribution < 1.29 is 9.53 Å². The first-order valence-corrected chi connectivity index (χ1v) is 6.83. The van der Waals surface area contributed by atoms with Gasteiger partial charge in [-0.15, -0.1) is 0 Å². The number of pyridine rings is 1. The number of rotatable bonds is 2. The van der Waals surface area contributed by atoms with E-state index in [0.29, 0.717) is 6.61 Å². The van der Waals surface area contributed by atoms with Crippen molar-refractivity contribution in [3.05, 3.63) is 29.6 Å². The van der Waals surface area contributed by atoms with Crippen molar-refractivity contribution in [2.45, 2.75) is 50.5 Å². The first kappa shape index (κ1) is 11.8. The lowest BCUT2D eigenvalue weighted by Crippen LogP contribution is -2.43. The molecule has 0 bridgehead atoms. The van der Waals surface area contributed by atoms with Gasteiger partial charge in [-0.2, -0.15) is 0 Å². The molecule has 96 valence electrons. The fraction of sp³-hybridized carbons (Fsp3) is 0.600. The second-order valence-corrected chi connectivity index (χ2v) is 5.54. The fourth-order valence-corrected chi connectivity index (χ4v) is 3.16. The molecule has 0 N–H and O–H groups in total. The molecule has 2 unspecified atom stereocenters. The summed E-state index contributed by atoms with van der Waals surface area (Å²) in [6.45, 7) is 2.67. The summed E-state index contributed by atoms with van der Waals surface area (Å²) in [4.78, 5) is 17.1. The third-order valence-corrected chi connectivity index (χ3v) is 4.27. The first-order valence-electron chi connectivity index (χ1n) is 6.83. The fourth-order valence-electron chi connectivity index (χ4n) is 3.16. The number of aromatic nitrogens is 1. The van der Waals surface area contributed by atoms with Crippen LogP contribution < -0.4 is 0 Å². The Morgan fingerprint density at radius 3 is 3.17 bits per heavy atom. The van der Waals surface area contributed by atoms with Crippen molar-refractivity contribution in [3.8, 4) is 0 Å². The van der Waals surface area contributed by atoms with Crippen LogP contribution in [0.25, 0.3) is 0 Å². The van der Waals surface area contributed by atoms with E-state index in [1.807, 2.05) is 13.0 Å². The maximum absolute atomic E-state index is 12.7. The second kappa shape index (κ2) is 4.47. The average Bonchev–Trinajstić information content (AvgIpc) is 2.82. The molecule has 1 aromatic heterocycles. The van der Waals surface area contributed by atoms with Crippen LogP contribution in [0.2, 0.25) is 0 Å². The Morgan fingerprint density at radius 2 is 2.39 bits per heavy atom. The van der Waals surface area contributed by atoms with Gasteiger partial charge in [0.2, 0.25) is 0 Å². The monoisotopic (exact) mass is 245 g/mol. The van der Waals surface area contributed by atoms with E-state index in [1.165, 1.54) is 5.56 Å². The van der Waals surface area contributed by atoms with Gasteiger partial charge in [-0.1, -0.05) is 6.07 Å². The molecule has 0 aromatic carbocycles. The summed E-state index contributed by atoms with van der Waals surface area (Å²) in [5.41, 5.74) is 1.63. The molecule has 1 fully saturated rings. The van der Waals surface area contributed by atoms with Crippen LogP contribution in [-0.2, 0) is 16.0 Å². The van der Waals surface area contributed by atoms with E-state index in [4.69, 9.17) is 4.74 Å². The summed E-state index contributed by atoms with van der Waals surface area (Å²) in [6, 6.07) is 4.03. The van der Waals surface area contributed by atoms with Gasteiger partial charge in [0.15, 0.2) is 5.78 Å². The van der Waals surface area contributed by atoms with Crippen LogP contribution in [0.5, 0.6) is 0 Å². The summed E-state index contributed by atoms with van der Waals surface area (Å²) >= 11 is 0. The molecule has 3 nitrogen and oxygen atoms in total. The second-order valence-electron chi connectivity index (χ2n) is 5.54. The van der Waals surface area contributed by atoms with E-state index >= 15 is 0 Å². The van der Waals surface area contributed by atoms with Gasteiger partial charge >= 0.3 is 0 Å². The molecule has 2 heterocycles. The molecular weight excluding hydrogens is 226 g/mol. The van der Waals surface area contributed by atoms with Crippen molar-refractivity contribution >= 4 is 5.78 Å². The molecule has 2 atom stereocenters. The predicted octanol–water partition coefficient (Wildman–Crippen LogP) is 2.64. The number of hydrogen-bond acceptors (Lipinski definition) is 3. The molecule has 0 amide bonds. The van der Waals surface area contributed by atoms with E-state index in [2.05, 4.69) is 11.1 Å². The van der Waals surface area contributed by atoms with Gasteiger partial charge in [-0.25, -0.2) is 0 Å². The maximum atomic E-state index is 12.7. The Hall–Kier alpha value is -1.22. The Kier molecular flexibility index (Phi) is 2.94. The lowest BCUT2D eigenvalue weighted by Gasteiger charge is -2.34. The molecule has 3 rings (SSSR count). The molecule has 2 aliphatic rings. The molecule has 0 radical (unpaired) electrons. The lowest BCUT2D eigenvalue weighted by molar-refractivity contribution is -0.149. The number of fused-ring (bicyclic) bond motifs is 1. The summed E-state index contributed by atoms with van der Waals surface area (Å²) in [6.07, 6.45) is 6.66. The summed E-state index contributed by atoms with van der Waals surface area (Å²) < 4.78 is 5.78. The molecule has 1 aliphatic carbocycles. The van der Waals surface area contributed by atoms with Gasteiger partial charge in [0, 0.05) is 12.8 Å². The highest BCUT2D eigenvalue weighted by Crippen LogP contribution is 2.38. The smallest absolute Gasteiger partial charge is 0.173 e. The van der Waals surface area contributed by atoms with Gasteiger partial charge in [0.25, 0.3) is 0 Å².